The number of carbonyl (C=O) groups is 2. The molecular formula is C11H20N2O3S. The number of urea groups is 1. The third-order valence-corrected chi connectivity index (χ3v) is 4.28. The van der Waals surface area contributed by atoms with E-state index in [1.807, 2.05) is 13.8 Å². The van der Waals surface area contributed by atoms with E-state index in [9.17, 15) is 9.59 Å². The van der Waals surface area contributed by atoms with Crippen molar-refractivity contribution in [2.75, 3.05) is 12.4 Å². The Bertz CT molecular complexity index is 278. The van der Waals surface area contributed by atoms with Crippen LogP contribution in [0.5, 0.6) is 0 Å². The molecule has 1 saturated heterocycles. The molecule has 17 heavy (non-hydrogen) atoms. The van der Waals surface area contributed by atoms with Crippen LogP contribution < -0.4 is 11.1 Å². The van der Waals surface area contributed by atoms with Gasteiger partial charge in [0.25, 0.3) is 0 Å². The number of nitrogens with two attached hydrogens (primary N) is 1. The molecule has 1 aliphatic rings. The monoisotopic (exact) mass is 260 g/mol. The summed E-state index contributed by atoms with van der Waals surface area (Å²) in [6.07, 6.45) is 2.38. The zero-order valence-corrected chi connectivity index (χ0v) is 11.1. The van der Waals surface area contributed by atoms with Crippen LogP contribution in [0.1, 0.15) is 26.7 Å². The zero-order valence-electron chi connectivity index (χ0n) is 10.3. The number of imide groups is 1. The van der Waals surface area contributed by atoms with Gasteiger partial charge in [0.05, 0.1) is 11.4 Å². The van der Waals surface area contributed by atoms with Gasteiger partial charge in [0.15, 0.2) is 0 Å². The molecule has 0 spiro atoms. The third-order valence-electron chi connectivity index (χ3n) is 2.60. The quantitative estimate of drug-likeness (QED) is 0.776. The summed E-state index contributed by atoms with van der Waals surface area (Å²) in [6, 6.07) is -0.793. The Hall–Kier alpha value is -0.750. The van der Waals surface area contributed by atoms with Gasteiger partial charge in [-0.2, -0.15) is 0 Å². The average Bonchev–Trinajstić information content (AvgIpc) is 2.68. The number of carbonyl (C=O) groups excluding carboxylic acids is 2. The SMILES string of the molecule is CC(C)[C@@H](SC[C@H]1CCCO1)C(=O)NC(N)=O. The van der Waals surface area contributed by atoms with Gasteiger partial charge >= 0.3 is 6.03 Å². The van der Waals surface area contributed by atoms with Crippen molar-refractivity contribution in [3.63, 3.8) is 0 Å². The minimum atomic E-state index is -0.793. The van der Waals surface area contributed by atoms with Crippen molar-refractivity contribution in [1.29, 1.82) is 0 Å². The normalized spacial score (nSPS) is 21.5. The van der Waals surface area contributed by atoms with E-state index in [1.165, 1.54) is 11.8 Å². The van der Waals surface area contributed by atoms with E-state index in [2.05, 4.69) is 5.32 Å². The van der Waals surface area contributed by atoms with Gasteiger partial charge in [-0.25, -0.2) is 4.79 Å². The molecule has 6 heteroatoms. The molecule has 5 nitrogen and oxygen atoms in total. The van der Waals surface area contributed by atoms with Crippen LogP contribution in [-0.4, -0.2) is 35.7 Å². The molecule has 98 valence electrons. The molecule has 0 unspecified atom stereocenters. The molecule has 1 aliphatic heterocycles. The van der Waals surface area contributed by atoms with Crippen LogP contribution in [0, 0.1) is 5.92 Å². The van der Waals surface area contributed by atoms with Gasteiger partial charge in [0, 0.05) is 12.4 Å². The summed E-state index contributed by atoms with van der Waals surface area (Å²) in [4.78, 5) is 22.4. The zero-order chi connectivity index (χ0) is 12.8. The van der Waals surface area contributed by atoms with Crippen molar-refractivity contribution in [3.8, 4) is 0 Å². The Labute approximate surface area is 106 Å². The second-order valence-electron chi connectivity index (χ2n) is 4.49. The van der Waals surface area contributed by atoms with E-state index < -0.39 is 6.03 Å². The fraction of sp³-hybridized carbons (Fsp3) is 0.818. The number of ether oxygens (including phenoxy) is 1. The molecule has 0 radical (unpaired) electrons. The van der Waals surface area contributed by atoms with Crippen molar-refractivity contribution in [1.82, 2.24) is 5.32 Å². The molecule has 0 saturated carbocycles. The summed E-state index contributed by atoms with van der Waals surface area (Å²) < 4.78 is 5.50. The van der Waals surface area contributed by atoms with Crippen LogP contribution in [0.3, 0.4) is 0 Å². The highest BCUT2D eigenvalue weighted by atomic mass is 32.2. The lowest BCUT2D eigenvalue weighted by atomic mass is 10.1. The summed E-state index contributed by atoms with van der Waals surface area (Å²) in [5.41, 5.74) is 4.94. The lowest BCUT2D eigenvalue weighted by Crippen LogP contribution is -2.42. The Kier molecular flexibility index (Phi) is 5.77. The average molecular weight is 260 g/mol. The van der Waals surface area contributed by atoms with Gasteiger partial charge in [0.1, 0.15) is 0 Å². The molecule has 0 aliphatic carbocycles. The van der Waals surface area contributed by atoms with Gasteiger partial charge in [-0.05, 0) is 18.8 Å². The smallest absolute Gasteiger partial charge is 0.318 e. The Morgan fingerprint density at radius 3 is 2.71 bits per heavy atom. The molecule has 1 heterocycles. The molecule has 3 N–H and O–H groups in total. The summed E-state index contributed by atoms with van der Waals surface area (Å²) in [5, 5.41) is 1.88. The van der Waals surface area contributed by atoms with E-state index in [0.29, 0.717) is 0 Å². The summed E-state index contributed by atoms with van der Waals surface area (Å²) in [6.45, 7) is 4.71. The molecule has 0 bridgehead atoms. The van der Waals surface area contributed by atoms with Crippen LogP contribution in [0.4, 0.5) is 4.79 Å². The molecule has 3 amide bonds. The van der Waals surface area contributed by atoms with Crippen molar-refractivity contribution < 1.29 is 14.3 Å². The van der Waals surface area contributed by atoms with Crippen molar-refractivity contribution in [2.24, 2.45) is 11.7 Å². The second-order valence-corrected chi connectivity index (χ2v) is 5.66. The van der Waals surface area contributed by atoms with Crippen LogP contribution >= 0.6 is 11.8 Å². The van der Waals surface area contributed by atoms with Crippen molar-refractivity contribution in [2.45, 2.75) is 38.0 Å². The number of hydrogen-bond acceptors (Lipinski definition) is 4. The van der Waals surface area contributed by atoms with Crippen LogP contribution in [0.2, 0.25) is 0 Å². The first kappa shape index (κ1) is 14.3. The lowest BCUT2D eigenvalue weighted by molar-refractivity contribution is -0.120. The molecule has 0 aromatic heterocycles. The molecule has 0 aromatic carbocycles. The highest BCUT2D eigenvalue weighted by Gasteiger charge is 2.26. The Balaban J connectivity index is 2.41. The number of amides is 3. The van der Waals surface area contributed by atoms with Crippen LogP contribution in [0.25, 0.3) is 0 Å². The highest BCUT2D eigenvalue weighted by molar-refractivity contribution is 8.00. The predicted octanol–water partition coefficient (Wildman–Crippen LogP) is 1.12. The lowest BCUT2D eigenvalue weighted by Gasteiger charge is -2.20. The number of hydrogen-bond donors (Lipinski definition) is 2. The number of primary amides is 1. The van der Waals surface area contributed by atoms with Crippen molar-refractivity contribution >= 4 is 23.7 Å². The first-order chi connectivity index (χ1) is 8.00. The highest BCUT2D eigenvalue weighted by Crippen LogP contribution is 2.24. The van der Waals surface area contributed by atoms with Gasteiger partial charge in [-0.3, -0.25) is 10.1 Å². The fourth-order valence-corrected chi connectivity index (χ4v) is 3.03. The molecule has 1 rings (SSSR count). The molecule has 1 fully saturated rings. The number of rotatable bonds is 5. The van der Waals surface area contributed by atoms with Gasteiger partial charge in [0.2, 0.25) is 5.91 Å². The summed E-state index contributed by atoms with van der Waals surface area (Å²) >= 11 is 1.53. The molecule has 2 atom stereocenters. The topological polar surface area (TPSA) is 81.4 Å². The van der Waals surface area contributed by atoms with E-state index in [1.54, 1.807) is 0 Å². The first-order valence-corrected chi connectivity index (χ1v) is 6.89. The molecular weight excluding hydrogens is 240 g/mol. The third kappa shape index (κ3) is 4.95. The van der Waals surface area contributed by atoms with E-state index in [4.69, 9.17) is 10.5 Å². The van der Waals surface area contributed by atoms with Crippen LogP contribution in [0.15, 0.2) is 0 Å². The van der Waals surface area contributed by atoms with Gasteiger partial charge in [-0.1, -0.05) is 13.8 Å². The predicted molar refractivity (Wildman–Crippen MR) is 67.8 cm³/mol. The summed E-state index contributed by atoms with van der Waals surface area (Å²) in [5.74, 6) is 0.630. The minimum absolute atomic E-state index is 0.153. The Morgan fingerprint density at radius 2 is 2.24 bits per heavy atom. The van der Waals surface area contributed by atoms with E-state index in [0.717, 1.165) is 25.2 Å². The van der Waals surface area contributed by atoms with Crippen LogP contribution in [-0.2, 0) is 9.53 Å². The summed E-state index contributed by atoms with van der Waals surface area (Å²) in [7, 11) is 0. The van der Waals surface area contributed by atoms with E-state index in [-0.39, 0.29) is 23.2 Å². The Morgan fingerprint density at radius 1 is 1.53 bits per heavy atom. The number of nitrogens with one attached hydrogen (secondary N) is 1. The standard InChI is InChI=1S/C11H20N2O3S/c1-7(2)9(10(14)13-11(12)15)17-6-8-4-3-5-16-8/h7-9H,3-6H2,1-2H3,(H3,12,13,14,15)/t8-,9-/m1/s1. The maximum absolute atomic E-state index is 11.7. The van der Waals surface area contributed by atoms with Crippen molar-refractivity contribution in [3.05, 3.63) is 0 Å². The first-order valence-electron chi connectivity index (χ1n) is 5.84. The second kappa shape index (κ2) is 6.86. The van der Waals surface area contributed by atoms with Gasteiger partial charge in [-0.15, -0.1) is 11.8 Å². The largest absolute Gasteiger partial charge is 0.377 e. The van der Waals surface area contributed by atoms with E-state index >= 15 is 0 Å². The maximum atomic E-state index is 11.7. The fourth-order valence-electron chi connectivity index (χ4n) is 1.75. The van der Waals surface area contributed by atoms with Gasteiger partial charge < -0.3 is 10.5 Å². The molecule has 0 aromatic rings. The number of thioether (sulfide) groups is 1. The minimum Gasteiger partial charge on any atom is -0.377 e. The maximum Gasteiger partial charge on any atom is 0.318 e.